The van der Waals surface area contributed by atoms with Crippen molar-refractivity contribution in [2.75, 3.05) is 6.54 Å². The van der Waals surface area contributed by atoms with Crippen LogP contribution in [0.25, 0.3) is 0 Å². The molecular formula is C16H21NO2. The molecule has 1 amide bonds. The van der Waals surface area contributed by atoms with E-state index < -0.39 is 0 Å². The Morgan fingerprint density at radius 2 is 2.00 bits per heavy atom. The molecule has 1 unspecified atom stereocenters. The average Bonchev–Trinajstić information content (AvgIpc) is 2.64. The van der Waals surface area contributed by atoms with Gasteiger partial charge in [0.25, 0.3) is 0 Å². The molecule has 2 rings (SSSR count). The molecule has 1 fully saturated rings. The van der Waals surface area contributed by atoms with Crippen molar-refractivity contribution in [1.82, 2.24) is 4.90 Å². The monoisotopic (exact) mass is 259 g/mol. The Labute approximate surface area is 114 Å². The van der Waals surface area contributed by atoms with Crippen molar-refractivity contribution in [1.29, 1.82) is 0 Å². The fraction of sp³-hybridized carbons (Fsp3) is 0.438. The number of ether oxygens (including phenoxy) is 1. The SMILES string of the molecule is C=C1OC(=O)N(CCCc2ccccc2)C1(C)CC. The number of carbonyl (C=O) groups is 1. The van der Waals surface area contributed by atoms with Crippen LogP contribution in [0, 0.1) is 0 Å². The van der Waals surface area contributed by atoms with Gasteiger partial charge in [0.05, 0.1) is 0 Å². The van der Waals surface area contributed by atoms with Gasteiger partial charge in [0.2, 0.25) is 0 Å². The van der Waals surface area contributed by atoms with E-state index in [1.165, 1.54) is 5.56 Å². The number of nitrogens with zero attached hydrogens (tertiary/aromatic N) is 1. The first-order valence-corrected chi connectivity index (χ1v) is 6.80. The highest BCUT2D eigenvalue weighted by Crippen LogP contribution is 2.35. The van der Waals surface area contributed by atoms with Gasteiger partial charge in [0, 0.05) is 6.54 Å². The normalized spacial score (nSPS) is 22.7. The Bertz CT molecular complexity index is 469. The smallest absolute Gasteiger partial charge is 0.413 e. The minimum atomic E-state index is -0.353. The summed E-state index contributed by atoms with van der Waals surface area (Å²) in [6.07, 6.45) is 2.46. The predicted octanol–water partition coefficient (Wildman–Crippen LogP) is 3.75. The molecule has 1 aromatic rings. The number of hydrogen-bond donors (Lipinski definition) is 0. The summed E-state index contributed by atoms with van der Waals surface area (Å²) in [5, 5.41) is 0. The molecule has 3 nitrogen and oxygen atoms in total. The van der Waals surface area contributed by atoms with E-state index >= 15 is 0 Å². The molecule has 1 atom stereocenters. The van der Waals surface area contributed by atoms with Crippen LogP contribution in [-0.2, 0) is 11.2 Å². The van der Waals surface area contributed by atoms with Gasteiger partial charge in [-0.3, -0.25) is 4.90 Å². The molecule has 0 radical (unpaired) electrons. The standard InChI is InChI=1S/C16H21NO2/c1-4-16(3)13(2)19-15(18)17(16)12-8-11-14-9-6-5-7-10-14/h5-7,9-10H,2,4,8,11-12H2,1,3H3. The lowest BCUT2D eigenvalue weighted by Gasteiger charge is -2.31. The molecule has 1 aliphatic heterocycles. The van der Waals surface area contributed by atoms with E-state index in [9.17, 15) is 4.79 Å². The van der Waals surface area contributed by atoms with Crippen LogP contribution in [0.1, 0.15) is 32.3 Å². The van der Waals surface area contributed by atoms with Crippen molar-refractivity contribution >= 4 is 6.09 Å². The first-order chi connectivity index (χ1) is 9.08. The van der Waals surface area contributed by atoms with E-state index in [-0.39, 0.29) is 11.6 Å². The minimum absolute atomic E-state index is 0.262. The summed E-state index contributed by atoms with van der Waals surface area (Å²) in [5.74, 6) is 0.569. The minimum Gasteiger partial charge on any atom is -0.413 e. The van der Waals surface area contributed by atoms with Gasteiger partial charge in [-0.15, -0.1) is 0 Å². The number of rotatable bonds is 5. The Hall–Kier alpha value is -1.77. The lowest BCUT2D eigenvalue weighted by Crippen LogP contribution is -2.43. The first kappa shape index (κ1) is 13.7. The van der Waals surface area contributed by atoms with E-state index in [4.69, 9.17) is 4.74 Å². The molecule has 1 saturated heterocycles. The van der Waals surface area contributed by atoms with Gasteiger partial charge in [-0.1, -0.05) is 43.8 Å². The van der Waals surface area contributed by atoms with Crippen LogP contribution in [0.2, 0.25) is 0 Å². The molecule has 1 heterocycles. The molecule has 0 aromatic heterocycles. The Kier molecular flexibility index (Phi) is 3.93. The van der Waals surface area contributed by atoms with Gasteiger partial charge < -0.3 is 4.74 Å². The van der Waals surface area contributed by atoms with Crippen LogP contribution in [0.5, 0.6) is 0 Å². The Morgan fingerprint density at radius 3 is 2.63 bits per heavy atom. The molecule has 19 heavy (non-hydrogen) atoms. The predicted molar refractivity (Wildman–Crippen MR) is 75.8 cm³/mol. The lowest BCUT2D eigenvalue weighted by atomic mass is 9.95. The van der Waals surface area contributed by atoms with Gasteiger partial charge in [0.15, 0.2) is 0 Å². The Balaban J connectivity index is 1.95. The molecule has 0 aliphatic carbocycles. The Morgan fingerprint density at radius 1 is 1.32 bits per heavy atom. The van der Waals surface area contributed by atoms with Crippen molar-refractivity contribution in [3.05, 3.63) is 48.2 Å². The molecule has 0 saturated carbocycles. The van der Waals surface area contributed by atoms with E-state index in [1.54, 1.807) is 4.90 Å². The van der Waals surface area contributed by atoms with Crippen LogP contribution in [0.3, 0.4) is 0 Å². The number of hydrogen-bond acceptors (Lipinski definition) is 2. The largest absolute Gasteiger partial charge is 0.415 e. The van der Waals surface area contributed by atoms with E-state index in [1.807, 2.05) is 25.1 Å². The maximum atomic E-state index is 11.8. The summed E-state index contributed by atoms with van der Waals surface area (Å²) in [7, 11) is 0. The zero-order chi connectivity index (χ0) is 13.9. The summed E-state index contributed by atoms with van der Waals surface area (Å²) < 4.78 is 5.18. The van der Waals surface area contributed by atoms with Crippen molar-refractivity contribution in [3.8, 4) is 0 Å². The molecule has 0 spiro atoms. The van der Waals surface area contributed by atoms with E-state index in [0.717, 1.165) is 19.3 Å². The van der Waals surface area contributed by atoms with E-state index in [0.29, 0.717) is 12.3 Å². The maximum Gasteiger partial charge on any atom is 0.415 e. The molecule has 0 N–H and O–H groups in total. The van der Waals surface area contributed by atoms with Gasteiger partial charge in [-0.25, -0.2) is 4.79 Å². The fourth-order valence-corrected chi connectivity index (χ4v) is 2.43. The van der Waals surface area contributed by atoms with Gasteiger partial charge in [-0.2, -0.15) is 0 Å². The van der Waals surface area contributed by atoms with Crippen LogP contribution in [-0.4, -0.2) is 23.1 Å². The summed E-state index contributed by atoms with van der Waals surface area (Å²) in [6.45, 7) is 8.64. The molecule has 1 aromatic carbocycles. The molecule has 1 aliphatic rings. The molecular weight excluding hydrogens is 238 g/mol. The van der Waals surface area contributed by atoms with Crippen molar-refractivity contribution < 1.29 is 9.53 Å². The third-order valence-electron chi connectivity index (χ3n) is 4.01. The number of cyclic esters (lactones) is 1. The second-order valence-electron chi connectivity index (χ2n) is 5.16. The molecule has 3 heteroatoms. The van der Waals surface area contributed by atoms with E-state index in [2.05, 4.69) is 25.6 Å². The zero-order valence-electron chi connectivity index (χ0n) is 11.7. The van der Waals surface area contributed by atoms with Crippen LogP contribution < -0.4 is 0 Å². The van der Waals surface area contributed by atoms with Crippen LogP contribution in [0.4, 0.5) is 4.79 Å². The summed E-state index contributed by atoms with van der Waals surface area (Å²) in [6, 6.07) is 10.3. The summed E-state index contributed by atoms with van der Waals surface area (Å²) in [4.78, 5) is 13.6. The first-order valence-electron chi connectivity index (χ1n) is 6.80. The summed E-state index contributed by atoms with van der Waals surface area (Å²) in [5.41, 5.74) is 0.945. The maximum absolute atomic E-state index is 11.8. The average molecular weight is 259 g/mol. The third-order valence-corrected chi connectivity index (χ3v) is 4.01. The highest BCUT2D eigenvalue weighted by atomic mass is 16.6. The lowest BCUT2D eigenvalue weighted by molar-refractivity contribution is 0.152. The van der Waals surface area contributed by atoms with Crippen molar-refractivity contribution in [3.63, 3.8) is 0 Å². The molecule has 102 valence electrons. The second-order valence-corrected chi connectivity index (χ2v) is 5.16. The van der Waals surface area contributed by atoms with Crippen LogP contribution >= 0.6 is 0 Å². The number of amides is 1. The fourth-order valence-electron chi connectivity index (χ4n) is 2.43. The van der Waals surface area contributed by atoms with Crippen molar-refractivity contribution in [2.45, 2.75) is 38.6 Å². The van der Waals surface area contributed by atoms with Crippen molar-refractivity contribution in [2.24, 2.45) is 0 Å². The van der Waals surface area contributed by atoms with Crippen LogP contribution in [0.15, 0.2) is 42.7 Å². The highest BCUT2D eigenvalue weighted by molar-refractivity contribution is 5.74. The number of aryl methyl sites for hydroxylation is 1. The zero-order valence-corrected chi connectivity index (χ0v) is 11.7. The molecule has 0 bridgehead atoms. The number of benzene rings is 1. The van der Waals surface area contributed by atoms with Gasteiger partial charge in [0.1, 0.15) is 11.3 Å². The third kappa shape index (κ3) is 2.65. The summed E-state index contributed by atoms with van der Waals surface area (Å²) >= 11 is 0. The highest BCUT2D eigenvalue weighted by Gasteiger charge is 2.45. The number of carbonyl (C=O) groups excluding carboxylic acids is 1. The topological polar surface area (TPSA) is 29.5 Å². The van der Waals surface area contributed by atoms with Gasteiger partial charge in [-0.05, 0) is 31.7 Å². The van der Waals surface area contributed by atoms with Gasteiger partial charge >= 0.3 is 6.09 Å². The second kappa shape index (κ2) is 5.47. The quantitative estimate of drug-likeness (QED) is 0.806.